The average molecular weight is 211 g/mol. The Morgan fingerprint density at radius 1 is 1.08 bits per heavy atom. The van der Waals surface area contributed by atoms with Crippen LogP contribution in [0.2, 0.25) is 0 Å². The van der Waals surface area contributed by atoms with E-state index in [1.165, 1.54) is 12.8 Å². The lowest BCUT2D eigenvalue weighted by molar-refractivity contribution is 0.290. The molecule has 0 unspecified atom stereocenters. The molecule has 0 aromatic carbocycles. The van der Waals surface area contributed by atoms with Crippen molar-refractivity contribution in [3.63, 3.8) is 0 Å². The second-order valence-corrected chi connectivity index (χ2v) is 4.50. The summed E-state index contributed by atoms with van der Waals surface area (Å²) in [6.45, 7) is 6.64. The van der Waals surface area contributed by atoms with Crippen LogP contribution in [-0.2, 0) is 0 Å². The quantitative estimate of drug-likeness (QED) is 0.574. The van der Waals surface area contributed by atoms with Gasteiger partial charge in [-0.3, -0.25) is 0 Å². The molecule has 0 nitrogen and oxygen atoms in total. The van der Waals surface area contributed by atoms with Gasteiger partial charge >= 0.3 is 0 Å². The topological polar surface area (TPSA) is 0 Å². The molecular formula is C10H20Cl2. The average Bonchev–Trinajstić information content (AvgIpc) is 2.14. The van der Waals surface area contributed by atoms with Crippen LogP contribution < -0.4 is 0 Å². The molecule has 0 aliphatic carbocycles. The van der Waals surface area contributed by atoms with Gasteiger partial charge in [0.1, 0.15) is 0 Å². The maximum absolute atomic E-state index is 5.88. The van der Waals surface area contributed by atoms with Crippen LogP contribution in [-0.4, -0.2) is 11.8 Å². The van der Waals surface area contributed by atoms with E-state index in [1.807, 2.05) is 0 Å². The molecule has 74 valence electrons. The molecule has 0 aliphatic heterocycles. The number of hydrogen-bond donors (Lipinski definition) is 0. The van der Waals surface area contributed by atoms with Gasteiger partial charge in [0, 0.05) is 11.8 Å². The van der Waals surface area contributed by atoms with Crippen LogP contribution in [0.15, 0.2) is 0 Å². The van der Waals surface area contributed by atoms with Crippen LogP contribution in [0.4, 0.5) is 0 Å². The molecule has 0 saturated heterocycles. The van der Waals surface area contributed by atoms with Gasteiger partial charge in [0.25, 0.3) is 0 Å². The van der Waals surface area contributed by atoms with Crippen molar-refractivity contribution in [2.24, 2.45) is 11.3 Å². The maximum Gasteiger partial charge on any atom is 0.0288 e. The number of halogens is 2. The Kier molecular flexibility index (Phi) is 6.39. The minimum atomic E-state index is 0.139. The summed E-state index contributed by atoms with van der Waals surface area (Å²) in [7, 11) is 0. The normalized spacial score (nSPS) is 12.5. The van der Waals surface area contributed by atoms with Gasteiger partial charge in [0.2, 0.25) is 0 Å². The summed E-state index contributed by atoms with van der Waals surface area (Å²) in [5, 5.41) is 0. The van der Waals surface area contributed by atoms with Crippen molar-refractivity contribution in [2.45, 2.75) is 40.0 Å². The van der Waals surface area contributed by atoms with Crippen LogP contribution in [0.1, 0.15) is 40.0 Å². The third-order valence-electron chi connectivity index (χ3n) is 2.58. The standard InChI is InChI=1S/C10H20Cl2/c1-4-9(5-2)6-10(3,7-11)8-12/h9H,4-8H2,1-3H3. The fraction of sp³-hybridized carbons (Fsp3) is 1.00. The summed E-state index contributed by atoms with van der Waals surface area (Å²) in [5.74, 6) is 2.13. The molecule has 0 N–H and O–H groups in total. The molecule has 12 heavy (non-hydrogen) atoms. The van der Waals surface area contributed by atoms with Gasteiger partial charge in [-0.25, -0.2) is 0 Å². The Labute approximate surface area is 86.6 Å². The number of rotatable bonds is 6. The summed E-state index contributed by atoms with van der Waals surface area (Å²) in [4.78, 5) is 0. The van der Waals surface area contributed by atoms with E-state index >= 15 is 0 Å². The first-order valence-electron chi connectivity index (χ1n) is 4.73. The zero-order chi connectivity index (χ0) is 9.61. The second-order valence-electron chi connectivity index (χ2n) is 3.96. The molecular weight excluding hydrogens is 191 g/mol. The number of hydrogen-bond acceptors (Lipinski definition) is 0. The van der Waals surface area contributed by atoms with Crippen molar-refractivity contribution in [1.82, 2.24) is 0 Å². The van der Waals surface area contributed by atoms with Gasteiger partial charge < -0.3 is 0 Å². The molecule has 0 rings (SSSR count). The first kappa shape index (κ1) is 12.6. The summed E-state index contributed by atoms with van der Waals surface area (Å²) in [6, 6.07) is 0. The van der Waals surface area contributed by atoms with Gasteiger partial charge in [-0.15, -0.1) is 23.2 Å². The van der Waals surface area contributed by atoms with E-state index in [9.17, 15) is 0 Å². The van der Waals surface area contributed by atoms with Gasteiger partial charge in [0.05, 0.1) is 0 Å². The van der Waals surface area contributed by atoms with Gasteiger partial charge in [0.15, 0.2) is 0 Å². The van der Waals surface area contributed by atoms with Crippen molar-refractivity contribution in [1.29, 1.82) is 0 Å². The molecule has 0 heterocycles. The molecule has 0 bridgehead atoms. The minimum Gasteiger partial charge on any atom is -0.126 e. The lowest BCUT2D eigenvalue weighted by atomic mass is 9.82. The third-order valence-corrected chi connectivity index (χ3v) is 3.87. The molecule has 0 fully saturated rings. The predicted molar refractivity (Wildman–Crippen MR) is 58.2 cm³/mol. The fourth-order valence-corrected chi connectivity index (χ4v) is 1.92. The van der Waals surface area contributed by atoms with Crippen LogP contribution in [0, 0.1) is 11.3 Å². The molecule has 0 aromatic heterocycles. The van der Waals surface area contributed by atoms with Gasteiger partial charge in [-0.05, 0) is 17.8 Å². The smallest absolute Gasteiger partial charge is 0.0288 e. The van der Waals surface area contributed by atoms with Crippen LogP contribution in [0.25, 0.3) is 0 Å². The van der Waals surface area contributed by atoms with Crippen molar-refractivity contribution < 1.29 is 0 Å². The number of alkyl halides is 2. The molecule has 2 heteroatoms. The summed E-state index contributed by atoms with van der Waals surface area (Å²) in [5.41, 5.74) is 0.139. The van der Waals surface area contributed by atoms with E-state index in [1.54, 1.807) is 0 Å². The predicted octanol–water partition coefficient (Wildman–Crippen LogP) is 4.30. The summed E-state index contributed by atoms with van der Waals surface area (Å²) >= 11 is 11.8. The Balaban J connectivity index is 3.99. The molecule has 0 atom stereocenters. The van der Waals surface area contributed by atoms with E-state index in [0.29, 0.717) is 11.8 Å². The fourth-order valence-electron chi connectivity index (χ4n) is 1.42. The highest BCUT2D eigenvalue weighted by atomic mass is 35.5. The molecule has 0 radical (unpaired) electrons. The van der Waals surface area contributed by atoms with Crippen molar-refractivity contribution >= 4 is 23.2 Å². The minimum absolute atomic E-state index is 0.139. The third kappa shape index (κ3) is 4.00. The Bertz CT molecular complexity index is 104. The first-order valence-corrected chi connectivity index (χ1v) is 5.80. The Morgan fingerprint density at radius 3 is 1.75 bits per heavy atom. The second kappa shape index (κ2) is 6.10. The summed E-state index contributed by atoms with van der Waals surface area (Å²) < 4.78 is 0. The lowest BCUT2D eigenvalue weighted by Crippen LogP contribution is -2.24. The Morgan fingerprint density at radius 2 is 1.50 bits per heavy atom. The molecule has 0 amide bonds. The van der Waals surface area contributed by atoms with Gasteiger partial charge in [-0.1, -0.05) is 33.6 Å². The molecule has 0 saturated carbocycles. The summed E-state index contributed by atoms with van der Waals surface area (Å²) in [6.07, 6.45) is 3.63. The van der Waals surface area contributed by atoms with Gasteiger partial charge in [-0.2, -0.15) is 0 Å². The van der Waals surface area contributed by atoms with E-state index < -0.39 is 0 Å². The highest BCUT2D eigenvalue weighted by Crippen LogP contribution is 2.31. The van der Waals surface area contributed by atoms with E-state index in [-0.39, 0.29) is 5.41 Å². The van der Waals surface area contributed by atoms with Crippen molar-refractivity contribution in [3.8, 4) is 0 Å². The Hall–Kier alpha value is 0.580. The van der Waals surface area contributed by atoms with E-state index in [2.05, 4.69) is 20.8 Å². The van der Waals surface area contributed by atoms with Crippen molar-refractivity contribution in [2.75, 3.05) is 11.8 Å². The van der Waals surface area contributed by atoms with Crippen LogP contribution in [0.3, 0.4) is 0 Å². The van der Waals surface area contributed by atoms with Crippen LogP contribution in [0.5, 0.6) is 0 Å². The highest BCUT2D eigenvalue weighted by Gasteiger charge is 2.24. The molecule has 0 aromatic rings. The highest BCUT2D eigenvalue weighted by molar-refractivity contribution is 6.21. The van der Waals surface area contributed by atoms with Crippen LogP contribution >= 0.6 is 23.2 Å². The SMILES string of the molecule is CCC(CC)CC(C)(CCl)CCl. The monoisotopic (exact) mass is 210 g/mol. The van der Waals surface area contributed by atoms with E-state index in [4.69, 9.17) is 23.2 Å². The zero-order valence-electron chi connectivity index (χ0n) is 8.37. The largest absolute Gasteiger partial charge is 0.126 e. The molecule has 0 spiro atoms. The zero-order valence-corrected chi connectivity index (χ0v) is 9.88. The van der Waals surface area contributed by atoms with E-state index in [0.717, 1.165) is 12.3 Å². The lowest BCUT2D eigenvalue weighted by Gasteiger charge is -2.28. The first-order chi connectivity index (χ1) is 5.61. The molecule has 0 aliphatic rings. The van der Waals surface area contributed by atoms with Crippen molar-refractivity contribution in [3.05, 3.63) is 0 Å². The maximum atomic E-state index is 5.88.